The van der Waals surface area contributed by atoms with Gasteiger partial charge in [0, 0.05) is 17.6 Å². The molecule has 1 atom stereocenters. The van der Waals surface area contributed by atoms with E-state index in [4.69, 9.17) is 16.7 Å². The van der Waals surface area contributed by atoms with Gasteiger partial charge in [-0.2, -0.15) is 0 Å². The third-order valence-electron chi connectivity index (χ3n) is 3.49. The maximum absolute atomic E-state index is 10.9. The van der Waals surface area contributed by atoms with Gasteiger partial charge in [0.25, 0.3) is 0 Å². The molecular weight excluding hydrogens is 250 g/mol. The number of rotatable bonds is 4. The summed E-state index contributed by atoms with van der Waals surface area (Å²) in [5.74, 6) is -0.717. The van der Waals surface area contributed by atoms with Crippen molar-refractivity contribution in [1.82, 2.24) is 4.90 Å². The van der Waals surface area contributed by atoms with Crippen molar-refractivity contribution in [3.05, 3.63) is 34.9 Å². The van der Waals surface area contributed by atoms with Crippen molar-refractivity contribution in [2.45, 2.75) is 38.3 Å². The van der Waals surface area contributed by atoms with E-state index in [-0.39, 0.29) is 12.5 Å². The molecule has 0 radical (unpaired) electrons. The third kappa shape index (κ3) is 3.47. The summed E-state index contributed by atoms with van der Waals surface area (Å²) in [6.45, 7) is 1.71. The zero-order valence-corrected chi connectivity index (χ0v) is 11.1. The summed E-state index contributed by atoms with van der Waals surface area (Å²) in [6.07, 6.45) is 3.46. The monoisotopic (exact) mass is 267 g/mol. The van der Waals surface area contributed by atoms with Gasteiger partial charge in [-0.15, -0.1) is 0 Å². The van der Waals surface area contributed by atoms with E-state index in [2.05, 4.69) is 4.90 Å². The Morgan fingerprint density at radius 2 is 2.17 bits per heavy atom. The Morgan fingerprint density at radius 1 is 1.39 bits per heavy atom. The standard InChI is InChI=1S/C14H18ClNO2/c15-13-7-2-1-5-11(13)10-16-8-4-3-6-12(16)9-14(17)18/h1-2,5,7,12H,3-4,6,8-10H2,(H,17,18). The fraction of sp³-hybridized carbons (Fsp3) is 0.500. The van der Waals surface area contributed by atoms with Crippen molar-refractivity contribution in [2.24, 2.45) is 0 Å². The Bertz CT molecular complexity index is 422. The molecule has 1 aromatic rings. The lowest BCUT2D eigenvalue weighted by molar-refractivity contribution is -0.138. The second kappa shape index (κ2) is 6.21. The van der Waals surface area contributed by atoms with Crippen LogP contribution in [-0.2, 0) is 11.3 Å². The van der Waals surface area contributed by atoms with Crippen LogP contribution in [0.5, 0.6) is 0 Å². The first-order valence-electron chi connectivity index (χ1n) is 6.36. The molecule has 1 aliphatic heterocycles. The Labute approximate surface area is 112 Å². The quantitative estimate of drug-likeness (QED) is 0.911. The molecule has 4 heteroatoms. The van der Waals surface area contributed by atoms with E-state index in [0.29, 0.717) is 0 Å². The number of aliphatic carboxylic acids is 1. The van der Waals surface area contributed by atoms with Crippen LogP contribution in [0.2, 0.25) is 5.02 Å². The second-order valence-electron chi connectivity index (χ2n) is 4.81. The highest BCUT2D eigenvalue weighted by Gasteiger charge is 2.24. The first-order valence-corrected chi connectivity index (χ1v) is 6.74. The number of carboxylic acids is 1. The average molecular weight is 268 g/mol. The van der Waals surface area contributed by atoms with Gasteiger partial charge in [0.05, 0.1) is 6.42 Å². The number of nitrogens with zero attached hydrogens (tertiary/aromatic N) is 1. The van der Waals surface area contributed by atoms with Gasteiger partial charge < -0.3 is 5.11 Å². The van der Waals surface area contributed by atoms with Gasteiger partial charge in [0.15, 0.2) is 0 Å². The number of hydrogen-bond donors (Lipinski definition) is 1. The highest BCUT2D eigenvalue weighted by molar-refractivity contribution is 6.31. The lowest BCUT2D eigenvalue weighted by Crippen LogP contribution is -2.40. The zero-order chi connectivity index (χ0) is 13.0. The van der Waals surface area contributed by atoms with Crippen LogP contribution >= 0.6 is 11.6 Å². The van der Waals surface area contributed by atoms with E-state index in [1.165, 1.54) is 0 Å². The molecule has 0 amide bonds. The first-order chi connectivity index (χ1) is 8.66. The van der Waals surface area contributed by atoms with Crippen molar-refractivity contribution in [3.8, 4) is 0 Å². The summed E-state index contributed by atoms with van der Waals surface area (Å²) in [5, 5.41) is 9.71. The summed E-state index contributed by atoms with van der Waals surface area (Å²) >= 11 is 6.15. The Hall–Kier alpha value is -1.06. The van der Waals surface area contributed by atoms with Crippen LogP contribution < -0.4 is 0 Å². The molecule has 1 saturated heterocycles. The fourth-order valence-corrected chi connectivity index (χ4v) is 2.74. The molecule has 3 nitrogen and oxygen atoms in total. The normalized spacial score (nSPS) is 20.8. The summed E-state index contributed by atoms with van der Waals surface area (Å²) in [5.41, 5.74) is 1.08. The molecule has 1 N–H and O–H groups in total. The van der Waals surface area contributed by atoms with E-state index in [1.807, 2.05) is 24.3 Å². The highest BCUT2D eigenvalue weighted by Crippen LogP contribution is 2.24. The molecule has 1 fully saturated rings. The molecule has 1 heterocycles. The SMILES string of the molecule is O=C(O)CC1CCCCN1Cc1ccccc1Cl. The largest absolute Gasteiger partial charge is 0.481 e. The van der Waals surface area contributed by atoms with Crippen LogP contribution in [0.25, 0.3) is 0 Å². The number of piperidine rings is 1. The van der Waals surface area contributed by atoms with Gasteiger partial charge in [0.2, 0.25) is 0 Å². The number of carboxylic acid groups (broad SMARTS) is 1. The van der Waals surface area contributed by atoms with Crippen molar-refractivity contribution >= 4 is 17.6 Å². The van der Waals surface area contributed by atoms with Crippen LogP contribution in [-0.4, -0.2) is 28.6 Å². The number of likely N-dealkylation sites (tertiary alicyclic amines) is 1. The maximum Gasteiger partial charge on any atom is 0.304 e. The van der Waals surface area contributed by atoms with Crippen molar-refractivity contribution in [2.75, 3.05) is 6.54 Å². The van der Waals surface area contributed by atoms with Crippen LogP contribution in [0.15, 0.2) is 24.3 Å². The molecule has 0 bridgehead atoms. The van der Waals surface area contributed by atoms with E-state index in [1.54, 1.807) is 0 Å². The Morgan fingerprint density at radius 3 is 2.89 bits per heavy atom. The summed E-state index contributed by atoms with van der Waals surface area (Å²) in [7, 11) is 0. The predicted octanol–water partition coefficient (Wildman–Crippen LogP) is 3.17. The summed E-state index contributed by atoms with van der Waals surface area (Å²) < 4.78 is 0. The molecule has 0 spiro atoms. The van der Waals surface area contributed by atoms with Crippen LogP contribution in [0.1, 0.15) is 31.2 Å². The number of carbonyl (C=O) groups is 1. The molecule has 0 saturated carbocycles. The van der Waals surface area contributed by atoms with Crippen molar-refractivity contribution in [1.29, 1.82) is 0 Å². The highest BCUT2D eigenvalue weighted by atomic mass is 35.5. The zero-order valence-electron chi connectivity index (χ0n) is 10.3. The fourth-order valence-electron chi connectivity index (χ4n) is 2.55. The minimum absolute atomic E-state index is 0.146. The number of halogens is 1. The molecule has 1 aromatic carbocycles. The molecule has 0 aliphatic carbocycles. The topological polar surface area (TPSA) is 40.5 Å². The van der Waals surface area contributed by atoms with Gasteiger partial charge in [-0.05, 0) is 31.0 Å². The number of benzene rings is 1. The summed E-state index contributed by atoms with van der Waals surface area (Å²) in [6, 6.07) is 7.92. The van der Waals surface area contributed by atoms with Gasteiger partial charge in [-0.1, -0.05) is 36.2 Å². The summed E-state index contributed by atoms with van der Waals surface area (Å²) in [4.78, 5) is 13.1. The molecular formula is C14H18ClNO2. The molecule has 1 unspecified atom stereocenters. The van der Waals surface area contributed by atoms with Crippen molar-refractivity contribution in [3.63, 3.8) is 0 Å². The number of hydrogen-bond acceptors (Lipinski definition) is 2. The molecule has 1 aliphatic rings. The molecule has 2 rings (SSSR count). The molecule has 98 valence electrons. The molecule has 18 heavy (non-hydrogen) atoms. The minimum Gasteiger partial charge on any atom is -0.481 e. The minimum atomic E-state index is -0.717. The van der Waals surface area contributed by atoms with Gasteiger partial charge in [0.1, 0.15) is 0 Å². The Kier molecular flexibility index (Phi) is 4.61. The lowest BCUT2D eigenvalue weighted by Gasteiger charge is -2.35. The van der Waals surface area contributed by atoms with Gasteiger partial charge in [-0.3, -0.25) is 9.69 Å². The Balaban J connectivity index is 2.05. The third-order valence-corrected chi connectivity index (χ3v) is 3.86. The second-order valence-corrected chi connectivity index (χ2v) is 5.22. The maximum atomic E-state index is 10.9. The van der Waals surface area contributed by atoms with E-state index >= 15 is 0 Å². The van der Waals surface area contributed by atoms with Crippen LogP contribution in [0, 0.1) is 0 Å². The van der Waals surface area contributed by atoms with Crippen LogP contribution in [0.4, 0.5) is 0 Å². The predicted molar refractivity (Wildman–Crippen MR) is 71.8 cm³/mol. The van der Waals surface area contributed by atoms with E-state index in [0.717, 1.165) is 42.9 Å². The lowest BCUT2D eigenvalue weighted by atomic mass is 9.98. The van der Waals surface area contributed by atoms with Gasteiger partial charge >= 0.3 is 5.97 Å². The van der Waals surface area contributed by atoms with Crippen LogP contribution in [0.3, 0.4) is 0 Å². The average Bonchev–Trinajstić information content (AvgIpc) is 2.34. The first kappa shape index (κ1) is 13.4. The molecule has 0 aromatic heterocycles. The van der Waals surface area contributed by atoms with Gasteiger partial charge in [-0.25, -0.2) is 0 Å². The van der Waals surface area contributed by atoms with E-state index < -0.39 is 5.97 Å². The van der Waals surface area contributed by atoms with Crippen molar-refractivity contribution < 1.29 is 9.90 Å². The smallest absolute Gasteiger partial charge is 0.304 e. The van der Waals surface area contributed by atoms with E-state index in [9.17, 15) is 4.79 Å².